The van der Waals surface area contributed by atoms with E-state index in [1.165, 1.54) is 12.5 Å². The second kappa shape index (κ2) is 8.08. The Morgan fingerprint density at radius 3 is 2.57 bits per heavy atom. The molecule has 0 aromatic carbocycles. The molecule has 1 aromatic heterocycles. The first-order valence-electron chi connectivity index (χ1n) is 5.93. The van der Waals surface area contributed by atoms with Gasteiger partial charge in [0.1, 0.15) is 12.8 Å². The molecule has 0 aliphatic carbocycles. The van der Waals surface area contributed by atoms with Crippen molar-refractivity contribution in [3.05, 3.63) is 11.1 Å². The SMILES string of the molecule is CCOP(=O)(Nc1nc(C(=NOC)C(=O)O)cs1)OCC. The Morgan fingerprint density at radius 1 is 1.48 bits per heavy atom. The monoisotopic (exact) mass is 337 g/mol. The van der Waals surface area contributed by atoms with Crippen molar-refractivity contribution in [1.29, 1.82) is 0 Å². The van der Waals surface area contributed by atoms with Crippen LogP contribution in [0.15, 0.2) is 10.5 Å². The van der Waals surface area contributed by atoms with Gasteiger partial charge >= 0.3 is 13.7 Å². The summed E-state index contributed by atoms with van der Waals surface area (Å²) in [5, 5.41) is 16.6. The van der Waals surface area contributed by atoms with Crippen LogP contribution < -0.4 is 5.09 Å². The summed E-state index contributed by atoms with van der Waals surface area (Å²) in [4.78, 5) is 19.5. The zero-order valence-corrected chi connectivity index (χ0v) is 13.4. The molecule has 0 fully saturated rings. The van der Waals surface area contributed by atoms with Crippen molar-refractivity contribution in [2.75, 3.05) is 25.4 Å². The lowest BCUT2D eigenvalue weighted by Crippen LogP contribution is -2.15. The fourth-order valence-corrected chi connectivity index (χ4v) is 3.53. The molecule has 1 rings (SSSR count). The first-order chi connectivity index (χ1) is 9.95. The highest BCUT2D eigenvalue weighted by Gasteiger charge is 2.26. The maximum Gasteiger partial charge on any atom is 0.434 e. The molecule has 0 spiro atoms. The zero-order valence-electron chi connectivity index (χ0n) is 11.7. The van der Waals surface area contributed by atoms with Gasteiger partial charge in [-0.25, -0.2) is 14.3 Å². The van der Waals surface area contributed by atoms with E-state index >= 15 is 0 Å². The van der Waals surface area contributed by atoms with E-state index in [2.05, 4.69) is 20.1 Å². The van der Waals surface area contributed by atoms with Crippen molar-refractivity contribution in [2.45, 2.75) is 13.8 Å². The van der Waals surface area contributed by atoms with E-state index in [0.717, 1.165) is 11.3 Å². The van der Waals surface area contributed by atoms with Gasteiger partial charge < -0.3 is 9.94 Å². The Kier molecular flexibility index (Phi) is 6.76. The second-order valence-electron chi connectivity index (χ2n) is 3.41. The van der Waals surface area contributed by atoms with Crippen molar-refractivity contribution in [3.8, 4) is 0 Å². The molecule has 0 saturated carbocycles. The highest BCUT2D eigenvalue weighted by atomic mass is 32.1. The molecule has 0 aliphatic rings. The Hall–Kier alpha value is -1.48. The number of carboxylic acid groups (broad SMARTS) is 1. The van der Waals surface area contributed by atoms with Crippen LogP contribution in [0.1, 0.15) is 19.5 Å². The number of aliphatic carboxylic acids is 1. The third kappa shape index (κ3) is 5.09. The molecule has 11 heteroatoms. The number of nitrogens with one attached hydrogen (secondary N) is 1. The van der Waals surface area contributed by atoms with Gasteiger partial charge in [0.25, 0.3) is 0 Å². The predicted octanol–water partition coefficient (Wildman–Crippen LogP) is 2.17. The Balaban J connectivity index is 2.95. The first-order valence-corrected chi connectivity index (χ1v) is 8.35. The molecule has 0 aliphatic heterocycles. The molecule has 0 unspecified atom stereocenters. The molecule has 0 atom stereocenters. The van der Waals surface area contributed by atoms with Gasteiger partial charge in [-0.2, -0.15) is 0 Å². The molecule has 9 nitrogen and oxygen atoms in total. The molecule has 0 amide bonds. The number of thiazole rings is 1. The minimum atomic E-state index is -3.52. The summed E-state index contributed by atoms with van der Waals surface area (Å²) in [5.74, 6) is -1.29. The number of anilines is 1. The molecule has 118 valence electrons. The fraction of sp³-hybridized carbons (Fsp3) is 0.500. The Labute approximate surface area is 125 Å². The topological polar surface area (TPSA) is 119 Å². The Bertz CT molecular complexity index is 551. The third-order valence-corrected chi connectivity index (χ3v) is 4.55. The number of aromatic nitrogens is 1. The maximum atomic E-state index is 12.3. The molecule has 21 heavy (non-hydrogen) atoms. The van der Waals surface area contributed by atoms with Crippen LogP contribution in [0.25, 0.3) is 0 Å². The minimum Gasteiger partial charge on any atom is -0.476 e. The van der Waals surface area contributed by atoms with Crippen LogP contribution in [0.3, 0.4) is 0 Å². The number of nitrogens with zero attached hydrogens (tertiary/aromatic N) is 2. The summed E-state index contributed by atoms with van der Waals surface area (Å²) < 4.78 is 22.4. The number of hydrogen-bond donors (Lipinski definition) is 2. The van der Waals surface area contributed by atoms with E-state index in [9.17, 15) is 9.36 Å². The molecule has 0 radical (unpaired) electrons. The fourth-order valence-electron chi connectivity index (χ4n) is 1.28. The van der Waals surface area contributed by atoms with Crippen molar-refractivity contribution in [1.82, 2.24) is 4.98 Å². The molecule has 1 aromatic rings. The van der Waals surface area contributed by atoms with E-state index in [1.807, 2.05) is 0 Å². The molecule has 2 N–H and O–H groups in total. The van der Waals surface area contributed by atoms with Crippen molar-refractivity contribution >= 4 is 35.9 Å². The van der Waals surface area contributed by atoms with Gasteiger partial charge in [0.2, 0.25) is 5.71 Å². The maximum absolute atomic E-state index is 12.3. The second-order valence-corrected chi connectivity index (χ2v) is 6.00. The van der Waals surface area contributed by atoms with Crippen LogP contribution in [-0.2, 0) is 23.2 Å². The normalized spacial score (nSPS) is 12.2. The lowest BCUT2D eigenvalue weighted by atomic mass is 10.3. The van der Waals surface area contributed by atoms with Crippen LogP contribution >= 0.6 is 19.1 Å². The van der Waals surface area contributed by atoms with E-state index in [0.29, 0.717) is 0 Å². The zero-order chi connectivity index (χ0) is 15.9. The Morgan fingerprint density at radius 2 is 2.10 bits per heavy atom. The molecular formula is C10H16N3O6PS. The van der Waals surface area contributed by atoms with Gasteiger partial charge in [0.05, 0.1) is 13.2 Å². The standard InChI is InChI=1S/C10H16N3O6PS/c1-4-18-20(16,19-5-2)13-10-11-7(6-21-10)8(9(14)15)12-17-3/h6H,4-5H2,1-3H3,(H,14,15)(H,11,13,16). The smallest absolute Gasteiger partial charge is 0.434 e. The average Bonchev–Trinajstić information content (AvgIpc) is 2.83. The number of carboxylic acids is 1. The molecule has 1 heterocycles. The molecular weight excluding hydrogens is 321 g/mol. The lowest BCUT2D eigenvalue weighted by molar-refractivity contribution is -0.129. The van der Waals surface area contributed by atoms with Crippen LogP contribution in [-0.4, -0.2) is 42.1 Å². The van der Waals surface area contributed by atoms with E-state index in [1.54, 1.807) is 13.8 Å². The molecule has 0 saturated heterocycles. The van der Waals surface area contributed by atoms with Gasteiger partial charge in [-0.05, 0) is 13.8 Å². The van der Waals surface area contributed by atoms with Crippen LogP contribution in [0.2, 0.25) is 0 Å². The lowest BCUT2D eigenvalue weighted by Gasteiger charge is -2.16. The average molecular weight is 337 g/mol. The van der Waals surface area contributed by atoms with Crippen LogP contribution in [0.5, 0.6) is 0 Å². The minimum absolute atomic E-state index is 0.0800. The van der Waals surface area contributed by atoms with Crippen molar-refractivity contribution in [2.24, 2.45) is 5.16 Å². The number of carbonyl (C=O) groups is 1. The van der Waals surface area contributed by atoms with E-state index in [-0.39, 0.29) is 29.8 Å². The van der Waals surface area contributed by atoms with Gasteiger partial charge in [-0.3, -0.25) is 14.1 Å². The van der Waals surface area contributed by atoms with Gasteiger partial charge in [0, 0.05) is 5.38 Å². The third-order valence-electron chi connectivity index (χ3n) is 1.96. The van der Waals surface area contributed by atoms with Gasteiger partial charge in [0.15, 0.2) is 5.13 Å². The van der Waals surface area contributed by atoms with E-state index < -0.39 is 13.7 Å². The quantitative estimate of drug-likeness (QED) is 0.400. The summed E-state index contributed by atoms with van der Waals surface area (Å²) in [6, 6.07) is 0. The van der Waals surface area contributed by atoms with Gasteiger partial charge in [-0.15, -0.1) is 11.3 Å². The number of hydrogen-bond acceptors (Lipinski definition) is 8. The van der Waals surface area contributed by atoms with Gasteiger partial charge in [-0.1, -0.05) is 5.16 Å². The highest BCUT2D eigenvalue weighted by Crippen LogP contribution is 2.48. The summed E-state index contributed by atoms with van der Waals surface area (Å²) in [5.41, 5.74) is -0.277. The summed E-state index contributed by atoms with van der Waals surface area (Å²) in [6.07, 6.45) is 0. The summed E-state index contributed by atoms with van der Waals surface area (Å²) >= 11 is 1.05. The predicted molar refractivity (Wildman–Crippen MR) is 77.8 cm³/mol. The highest BCUT2D eigenvalue weighted by molar-refractivity contribution is 7.56. The van der Waals surface area contributed by atoms with Crippen molar-refractivity contribution < 1.29 is 28.4 Å². The summed E-state index contributed by atoms with van der Waals surface area (Å²) in [6.45, 7) is 3.73. The number of rotatable bonds is 9. The van der Waals surface area contributed by atoms with Crippen LogP contribution in [0, 0.1) is 0 Å². The van der Waals surface area contributed by atoms with Crippen LogP contribution in [0.4, 0.5) is 5.13 Å². The largest absolute Gasteiger partial charge is 0.476 e. The van der Waals surface area contributed by atoms with Crippen molar-refractivity contribution in [3.63, 3.8) is 0 Å². The molecule has 0 bridgehead atoms. The number of oxime groups is 1. The first kappa shape index (κ1) is 17.6. The summed E-state index contributed by atoms with van der Waals surface area (Å²) in [7, 11) is -2.29. The van der Waals surface area contributed by atoms with E-state index in [4.69, 9.17) is 14.2 Å².